The van der Waals surface area contributed by atoms with Gasteiger partial charge in [0.25, 0.3) is 11.8 Å². The zero-order chi connectivity index (χ0) is 17.1. The molecule has 3 rings (SSSR count). The zero-order valence-corrected chi connectivity index (χ0v) is 13.2. The number of benzene rings is 1. The molecule has 2 amide bonds. The number of rotatable bonds is 6. The number of methoxy groups -OCH3 is 1. The summed E-state index contributed by atoms with van der Waals surface area (Å²) < 4.78 is 16.4. The van der Waals surface area contributed by atoms with Gasteiger partial charge >= 0.3 is 0 Å². The van der Waals surface area contributed by atoms with Crippen LogP contribution in [-0.2, 0) is 14.3 Å². The van der Waals surface area contributed by atoms with Crippen molar-refractivity contribution in [1.82, 2.24) is 4.90 Å². The van der Waals surface area contributed by atoms with E-state index in [9.17, 15) is 9.59 Å². The number of hydrogen-bond donors (Lipinski definition) is 2. The molecule has 128 valence electrons. The summed E-state index contributed by atoms with van der Waals surface area (Å²) in [4.78, 5) is 24.8. The van der Waals surface area contributed by atoms with E-state index in [1.165, 1.54) is 6.08 Å². The van der Waals surface area contributed by atoms with E-state index < -0.39 is 11.8 Å². The molecule has 1 unspecified atom stereocenters. The highest BCUT2D eigenvalue weighted by molar-refractivity contribution is 6.17. The first-order valence-corrected chi connectivity index (χ1v) is 7.50. The first-order chi connectivity index (χ1) is 11.6. The predicted molar refractivity (Wildman–Crippen MR) is 83.7 cm³/mol. The van der Waals surface area contributed by atoms with Crippen molar-refractivity contribution >= 4 is 17.5 Å². The lowest BCUT2D eigenvalue weighted by molar-refractivity contribution is -0.137. The summed E-state index contributed by atoms with van der Waals surface area (Å²) in [5.41, 5.74) is 0.743. The number of ether oxygens (including phenoxy) is 3. The molecule has 2 N–H and O–H groups in total. The number of nitrogens with one attached hydrogen (secondary N) is 1. The van der Waals surface area contributed by atoms with Crippen LogP contribution in [0.3, 0.4) is 0 Å². The normalized spacial score (nSPS) is 19.5. The summed E-state index contributed by atoms with van der Waals surface area (Å²) in [6.07, 6.45) is 1.01. The number of hydrogen-bond acceptors (Lipinski definition) is 7. The van der Waals surface area contributed by atoms with Crippen LogP contribution in [0.2, 0.25) is 0 Å². The van der Waals surface area contributed by atoms with Crippen molar-refractivity contribution in [1.29, 1.82) is 0 Å². The first-order valence-electron chi connectivity index (χ1n) is 7.50. The number of fused-ring (bicyclic) bond motifs is 1. The summed E-state index contributed by atoms with van der Waals surface area (Å²) in [5, 5.41) is 11.8. The zero-order valence-electron chi connectivity index (χ0n) is 13.2. The maximum atomic E-state index is 12.1. The molecule has 0 radical (unpaired) electrons. The molecule has 2 aliphatic rings. The maximum Gasteiger partial charge on any atom is 0.277 e. The van der Waals surface area contributed by atoms with Gasteiger partial charge in [0.15, 0.2) is 17.6 Å². The number of amides is 2. The largest absolute Gasteiger partial charge is 0.486 e. The molecule has 0 fully saturated rings. The maximum absolute atomic E-state index is 12.1. The van der Waals surface area contributed by atoms with E-state index in [1.54, 1.807) is 25.3 Å². The van der Waals surface area contributed by atoms with Crippen LogP contribution in [0, 0.1) is 0 Å². The third-order valence-electron chi connectivity index (χ3n) is 3.63. The Hall–Kier alpha value is -2.58. The molecule has 8 heteroatoms. The fraction of sp³-hybridized carbons (Fsp3) is 0.375. The Morgan fingerprint density at radius 1 is 1.38 bits per heavy atom. The quantitative estimate of drug-likeness (QED) is 0.714. The van der Waals surface area contributed by atoms with Crippen molar-refractivity contribution in [3.63, 3.8) is 0 Å². The smallest absolute Gasteiger partial charge is 0.277 e. The van der Waals surface area contributed by atoms with Gasteiger partial charge in [-0.25, -0.2) is 0 Å². The van der Waals surface area contributed by atoms with Gasteiger partial charge in [-0.2, -0.15) is 0 Å². The Balaban J connectivity index is 1.73. The van der Waals surface area contributed by atoms with Crippen molar-refractivity contribution in [2.45, 2.75) is 6.10 Å². The van der Waals surface area contributed by atoms with Gasteiger partial charge in [-0.1, -0.05) is 0 Å². The van der Waals surface area contributed by atoms with E-state index in [2.05, 4.69) is 5.32 Å². The van der Waals surface area contributed by atoms with Crippen LogP contribution in [0.25, 0.3) is 0 Å². The van der Waals surface area contributed by atoms with Crippen molar-refractivity contribution in [2.75, 3.05) is 38.8 Å². The van der Waals surface area contributed by atoms with Gasteiger partial charge in [-0.05, 0) is 12.1 Å². The minimum absolute atomic E-state index is 0.0286. The molecular weight excluding hydrogens is 316 g/mol. The van der Waals surface area contributed by atoms with Crippen molar-refractivity contribution in [2.24, 2.45) is 0 Å². The van der Waals surface area contributed by atoms with E-state index >= 15 is 0 Å². The Morgan fingerprint density at radius 2 is 2.21 bits per heavy atom. The third kappa shape index (κ3) is 3.19. The molecule has 0 saturated heterocycles. The van der Waals surface area contributed by atoms with Gasteiger partial charge in [0.05, 0.1) is 19.8 Å². The Morgan fingerprint density at radius 3 is 2.96 bits per heavy atom. The first kappa shape index (κ1) is 16.3. The summed E-state index contributed by atoms with van der Waals surface area (Å²) in [7, 11) is 1.59. The second-order valence-electron chi connectivity index (χ2n) is 5.37. The molecule has 2 aliphatic heterocycles. The van der Waals surface area contributed by atoms with Crippen LogP contribution < -0.4 is 14.8 Å². The van der Waals surface area contributed by atoms with E-state index in [0.29, 0.717) is 30.4 Å². The Labute approximate surface area is 138 Å². The highest BCUT2D eigenvalue weighted by atomic mass is 16.6. The summed E-state index contributed by atoms with van der Waals surface area (Å²) >= 11 is 0. The standard InChI is InChI=1S/C16H18N2O6/c1-22-8-11-9-23-13-3-2-10(6-14(13)24-11)17-12-7-15(20)18(4-5-19)16(12)21/h2-3,6-7,11,17,19H,4-5,8-9H2,1H3. The fourth-order valence-corrected chi connectivity index (χ4v) is 2.53. The van der Waals surface area contributed by atoms with E-state index in [-0.39, 0.29) is 25.0 Å². The van der Waals surface area contributed by atoms with Crippen LogP contribution in [-0.4, -0.2) is 61.4 Å². The molecule has 1 aromatic rings. The minimum Gasteiger partial charge on any atom is -0.486 e. The third-order valence-corrected chi connectivity index (χ3v) is 3.63. The topological polar surface area (TPSA) is 97.3 Å². The number of carbonyl (C=O) groups is 2. The average Bonchev–Trinajstić information content (AvgIpc) is 2.83. The van der Waals surface area contributed by atoms with Crippen molar-refractivity contribution in [3.8, 4) is 11.5 Å². The number of β-amino-alcohol motifs (C(OH)–C–C–N with tert-alkyl or cyclic N) is 1. The Bertz CT molecular complexity index is 687. The molecule has 0 saturated carbocycles. The number of anilines is 1. The number of imide groups is 1. The Kier molecular flexibility index (Phi) is 4.68. The SMILES string of the molecule is COCC1COc2ccc(NC3=CC(=O)N(CCO)C3=O)cc2O1. The molecule has 0 aliphatic carbocycles. The second-order valence-corrected chi connectivity index (χ2v) is 5.37. The lowest BCUT2D eigenvalue weighted by Gasteiger charge is -2.26. The van der Waals surface area contributed by atoms with Crippen LogP contribution in [0.15, 0.2) is 30.0 Å². The van der Waals surface area contributed by atoms with Gasteiger partial charge in [0, 0.05) is 24.9 Å². The molecule has 24 heavy (non-hydrogen) atoms. The van der Waals surface area contributed by atoms with Crippen LogP contribution in [0.4, 0.5) is 5.69 Å². The van der Waals surface area contributed by atoms with Gasteiger partial charge in [0.1, 0.15) is 12.3 Å². The highest BCUT2D eigenvalue weighted by Gasteiger charge is 2.31. The average molecular weight is 334 g/mol. The van der Waals surface area contributed by atoms with Gasteiger partial charge in [-0.15, -0.1) is 0 Å². The number of nitrogens with zero attached hydrogens (tertiary/aromatic N) is 1. The molecule has 2 heterocycles. The number of aliphatic hydroxyl groups excluding tert-OH is 1. The highest BCUT2D eigenvalue weighted by Crippen LogP contribution is 2.35. The monoisotopic (exact) mass is 334 g/mol. The number of aliphatic hydroxyl groups is 1. The van der Waals surface area contributed by atoms with Crippen LogP contribution in [0.5, 0.6) is 11.5 Å². The van der Waals surface area contributed by atoms with E-state index in [1.807, 2.05) is 0 Å². The molecular formula is C16H18N2O6. The van der Waals surface area contributed by atoms with E-state index in [4.69, 9.17) is 19.3 Å². The molecule has 0 spiro atoms. The number of carbonyl (C=O) groups excluding carboxylic acids is 2. The van der Waals surface area contributed by atoms with Gasteiger partial charge in [-0.3, -0.25) is 14.5 Å². The molecule has 1 aromatic carbocycles. The summed E-state index contributed by atoms with van der Waals surface area (Å²) in [6.45, 7) is 0.510. The van der Waals surface area contributed by atoms with Gasteiger partial charge in [0.2, 0.25) is 0 Å². The lowest BCUT2D eigenvalue weighted by Crippen LogP contribution is -2.34. The predicted octanol–water partition coefficient (Wildman–Crippen LogP) is 0.130. The fourth-order valence-electron chi connectivity index (χ4n) is 2.53. The lowest BCUT2D eigenvalue weighted by atomic mass is 10.2. The minimum atomic E-state index is -0.471. The molecule has 8 nitrogen and oxygen atoms in total. The van der Waals surface area contributed by atoms with Crippen LogP contribution in [0.1, 0.15) is 0 Å². The summed E-state index contributed by atoms with van der Waals surface area (Å²) in [5.74, 6) is 0.228. The van der Waals surface area contributed by atoms with E-state index in [0.717, 1.165) is 4.90 Å². The summed E-state index contributed by atoms with van der Waals surface area (Å²) in [6, 6.07) is 5.16. The van der Waals surface area contributed by atoms with Crippen molar-refractivity contribution in [3.05, 3.63) is 30.0 Å². The molecule has 0 aromatic heterocycles. The second kappa shape index (κ2) is 6.90. The van der Waals surface area contributed by atoms with Gasteiger partial charge < -0.3 is 24.6 Å². The molecule has 1 atom stereocenters. The van der Waals surface area contributed by atoms with Crippen molar-refractivity contribution < 1.29 is 28.9 Å². The van der Waals surface area contributed by atoms with Crippen LogP contribution >= 0.6 is 0 Å². The molecule has 0 bridgehead atoms.